The minimum Gasteiger partial charge on any atom is -0.481 e. The lowest BCUT2D eigenvalue weighted by atomic mass is 10.1. The van der Waals surface area contributed by atoms with Gasteiger partial charge < -0.3 is 5.11 Å². The molecule has 0 saturated heterocycles. The van der Waals surface area contributed by atoms with Gasteiger partial charge in [0.05, 0.1) is 11.3 Å². The van der Waals surface area contributed by atoms with Gasteiger partial charge in [-0.1, -0.05) is 24.3 Å². The first-order valence-electron chi connectivity index (χ1n) is 6.72. The van der Waals surface area contributed by atoms with Crippen molar-refractivity contribution in [1.29, 1.82) is 0 Å². The molecule has 0 saturated carbocycles. The fraction of sp³-hybridized carbons (Fsp3) is 0.125. The van der Waals surface area contributed by atoms with Crippen LogP contribution in [0.5, 0.6) is 0 Å². The summed E-state index contributed by atoms with van der Waals surface area (Å²) in [6.07, 6.45) is -0.131. The van der Waals surface area contributed by atoms with Gasteiger partial charge in [-0.25, -0.2) is 8.42 Å². The Morgan fingerprint density at radius 2 is 1.74 bits per heavy atom. The van der Waals surface area contributed by atoms with Crippen LogP contribution in [0.4, 0.5) is 5.69 Å². The van der Waals surface area contributed by atoms with Gasteiger partial charge in [0.15, 0.2) is 5.78 Å². The fourth-order valence-corrected chi connectivity index (χ4v) is 3.07. The molecule has 2 aromatic carbocycles. The van der Waals surface area contributed by atoms with Gasteiger partial charge in [0.2, 0.25) is 0 Å². The molecule has 0 spiro atoms. The smallest absolute Gasteiger partial charge is 0.307 e. The molecule has 120 valence electrons. The van der Waals surface area contributed by atoms with Gasteiger partial charge in [0.25, 0.3) is 10.0 Å². The van der Waals surface area contributed by atoms with E-state index in [1.807, 2.05) is 0 Å². The molecule has 0 radical (unpaired) electrons. The number of carbonyl (C=O) groups excluding carboxylic acids is 1. The third-order valence-electron chi connectivity index (χ3n) is 3.11. The molecule has 2 aromatic rings. The second-order valence-corrected chi connectivity index (χ2v) is 6.64. The maximum atomic E-state index is 12.3. The van der Waals surface area contributed by atoms with E-state index < -0.39 is 16.0 Å². The number of hydrogen-bond acceptors (Lipinski definition) is 4. The number of nitrogens with one attached hydrogen (secondary N) is 1. The van der Waals surface area contributed by atoms with Crippen LogP contribution in [0.1, 0.15) is 22.8 Å². The Bertz CT molecular complexity index is 841. The van der Waals surface area contributed by atoms with Gasteiger partial charge >= 0.3 is 5.97 Å². The zero-order valence-electron chi connectivity index (χ0n) is 12.3. The van der Waals surface area contributed by atoms with Crippen LogP contribution in [0.3, 0.4) is 0 Å². The number of carboxylic acids is 1. The summed E-state index contributed by atoms with van der Waals surface area (Å²) in [5.74, 6) is -1.18. The summed E-state index contributed by atoms with van der Waals surface area (Å²) in [5, 5.41) is 8.70. The highest BCUT2D eigenvalue weighted by Gasteiger charge is 2.15. The molecule has 0 aliphatic heterocycles. The van der Waals surface area contributed by atoms with Crippen molar-refractivity contribution in [1.82, 2.24) is 0 Å². The topological polar surface area (TPSA) is 101 Å². The molecule has 7 heteroatoms. The maximum absolute atomic E-state index is 12.3. The van der Waals surface area contributed by atoms with Crippen LogP contribution in [0.2, 0.25) is 0 Å². The summed E-state index contributed by atoms with van der Waals surface area (Å²) >= 11 is 0. The molecule has 0 unspecified atom stereocenters. The lowest BCUT2D eigenvalue weighted by Gasteiger charge is -2.09. The Kier molecular flexibility index (Phi) is 4.80. The van der Waals surface area contributed by atoms with Gasteiger partial charge in [-0.05, 0) is 36.8 Å². The third kappa shape index (κ3) is 4.40. The molecule has 2 N–H and O–H groups in total. The summed E-state index contributed by atoms with van der Waals surface area (Å²) < 4.78 is 27.0. The largest absolute Gasteiger partial charge is 0.481 e. The molecule has 0 aliphatic carbocycles. The lowest BCUT2D eigenvalue weighted by Crippen LogP contribution is -2.13. The van der Waals surface area contributed by atoms with Crippen LogP contribution in [0.25, 0.3) is 0 Å². The van der Waals surface area contributed by atoms with Crippen molar-refractivity contribution in [2.24, 2.45) is 0 Å². The Morgan fingerprint density at radius 3 is 2.30 bits per heavy atom. The monoisotopic (exact) mass is 333 g/mol. The predicted molar refractivity (Wildman–Crippen MR) is 85.0 cm³/mol. The van der Waals surface area contributed by atoms with Crippen LogP contribution in [0, 0.1) is 0 Å². The number of carbonyl (C=O) groups is 2. The molecule has 0 aromatic heterocycles. The summed E-state index contributed by atoms with van der Waals surface area (Å²) in [4.78, 5) is 21.9. The maximum Gasteiger partial charge on any atom is 0.307 e. The highest BCUT2D eigenvalue weighted by Crippen LogP contribution is 2.18. The number of sulfonamides is 1. The normalized spacial score (nSPS) is 11.0. The zero-order chi connectivity index (χ0) is 17.0. The number of hydrogen-bond donors (Lipinski definition) is 2. The van der Waals surface area contributed by atoms with Crippen molar-refractivity contribution in [3.63, 3.8) is 0 Å². The molecule has 0 heterocycles. The molecular formula is C16H15NO5S. The van der Waals surface area contributed by atoms with Gasteiger partial charge in [-0.15, -0.1) is 0 Å². The van der Waals surface area contributed by atoms with E-state index in [0.29, 0.717) is 16.8 Å². The van der Waals surface area contributed by atoms with Crippen molar-refractivity contribution in [2.75, 3.05) is 4.72 Å². The number of benzene rings is 2. The summed E-state index contributed by atoms with van der Waals surface area (Å²) in [7, 11) is -3.82. The van der Waals surface area contributed by atoms with Crippen molar-refractivity contribution < 1.29 is 23.1 Å². The van der Waals surface area contributed by atoms with E-state index in [-0.39, 0.29) is 17.1 Å². The number of aliphatic carboxylic acids is 1. The van der Waals surface area contributed by atoms with Crippen molar-refractivity contribution in [2.45, 2.75) is 18.2 Å². The Balaban J connectivity index is 2.22. The van der Waals surface area contributed by atoms with Crippen molar-refractivity contribution in [3.05, 3.63) is 59.7 Å². The molecule has 2 rings (SSSR count). The van der Waals surface area contributed by atoms with E-state index in [1.165, 1.54) is 49.4 Å². The second-order valence-electron chi connectivity index (χ2n) is 4.96. The van der Waals surface area contributed by atoms with E-state index in [1.54, 1.807) is 6.07 Å². The highest BCUT2D eigenvalue weighted by molar-refractivity contribution is 7.92. The SMILES string of the molecule is CC(=O)c1cccc(S(=O)(=O)Nc2ccc(CC(=O)O)cc2)c1. The summed E-state index contributed by atoms with van der Waals surface area (Å²) in [5.41, 5.74) is 1.19. The van der Waals surface area contributed by atoms with Crippen LogP contribution in [-0.4, -0.2) is 25.3 Å². The fourth-order valence-electron chi connectivity index (χ4n) is 1.96. The molecule has 0 bridgehead atoms. The van der Waals surface area contributed by atoms with Gasteiger partial charge in [0, 0.05) is 11.3 Å². The minimum absolute atomic E-state index is 0.0141. The molecule has 23 heavy (non-hydrogen) atoms. The van der Waals surface area contributed by atoms with Gasteiger partial charge in [-0.3, -0.25) is 14.3 Å². The van der Waals surface area contributed by atoms with E-state index in [0.717, 1.165) is 0 Å². The first kappa shape index (κ1) is 16.7. The van der Waals surface area contributed by atoms with Crippen LogP contribution >= 0.6 is 0 Å². The van der Waals surface area contributed by atoms with Crippen LogP contribution in [0.15, 0.2) is 53.4 Å². The Hall–Kier alpha value is -2.67. The summed E-state index contributed by atoms with van der Waals surface area (Å²) in [6, 6.07) is 11.8. The molecule has 6 nitrogen and oxygen atoms in total. The van der Waals surface area contributed by atoms with Crippen molar-refractivity contribution >= 4 is 27.5 Å². The Morgan fingerprint density at radius 1 is 1.09 bits per heavy atom. The second kappa shape index (κ2) is 6.62. The first-order chi connectivity index (χ1) is 10.8. The average molecular weight is 333 g/mol. The van der Waals surface area contributed by atoms with E-state index in [2.05, 4.69) is 4.72 Å². The number of rotatable bonds is 6. The Labute approximate surface area is 133 Å². The molecule has 0 atom stereocenters. The van der Waals surface area contributed by atoms with E-state index in [4.69, 9.17) is 5.11 Å². The molecule has 0 aliphatic rings. The van der Waals surface area contributed by atoms with Gasteiger partial charge in [-0.2, -0.15) is 0 Å². The zero-order valence-corrected chi connectivity index (χ0v) is 13.1. The van der Waals surface area contributed by atoms with Crippen LogP contribution in [-0.2, 0) is 21.2 Å². The average Bonchev–Trinajstić information content (AvgIpc) is 2.48. The van der Waals surface area contributed by atoms with Crippen LogP contribution < -0.4 is 4.72 Å². The predicted octanol–water partition coefficient (Wildman–Crippen LogP) is 2.32. The molecular weight excluding hydrogens is 318 g/mol. The van der Waals surface area contributed by atoms with Crippen molar-refractivity contribution in [3.8, 4) is 0 Å². The first-order valence-corrected chi connectivity index (χ1v) is 8.21. The number of anilines is 1. The summed E-state index contributed by atoms with van der Waals surface area (Å²) in [6.45, 7) is 1.36. The van der Waals surface area contributed by atoms with E-state index >= 15 is 0 Å². The molecule has 0 fully saturated rings. The number of Topliss-reactive ketones (excluding diaryl/α,β-unsaturated/α-hetero) is 1. The molecule has 0 amide bonds. The third-order valence-corrected chi connectivity index (χ3v) is 4.49. The standard InChI is InChI=1S/C16H15NO5S/c1-11(18)13-3-2-4-15(10-13)23(21,22)17-14-7-5-12(6-8-14)9-16(19)20/h2-8,10,17H,9H2,1H3,(H,19,20). The minimum atomic E-state index is -3.82. The lowest BCUT2D eigenvalue weighted by molar-refractivity contribution is -0.136. The number of carboxylic acid groups (broad SMARTS) is 1. The quantitative estimate of drug-likeness (QED) is 0.790. The number of ketones is 1. The van der Waals surface area contributed by atoms with E-state index in [9.17, 15) is 18.0 Å². The van der Waals surface area contributed by atoms with Gasteiger partial charge in [0.1, 0.15) is 0 Å². The highest BCUT2D eigenvalue weighted by atomic mass is 32.2.